The highest BCUT2D eigenvalue weighted by molar-refractivity contribution is 7.90. The number of hydrogen-bond acceptors (Lipinski definition) is 5. The molecule has 2 rings (SSSR count). The van der Waals surface area contributed by atoms with Crippen molar-refractivity contribution in [2.45, 2.75) is 57.6 Å². The van der Waals surface area contributed by atoms with Crippen LogP contribution < -0.4 is 0 Å². The van der Waals surface area contributed by atoms with Gasteiger partial charge in [0.05, 0.1) is 0 Å². The fraction of sp³-hybridized carbons (Fsp3) is 0.588. The minimum absolute atomic E-state index is 0.0905. The van der Waals surface area contributed by atoms with E-state index in [-0.39, 0.29) is 23.3 Å². The van der Waals surface area contributed by atoms with E-state index in [1.54, 1.807) is 13.8 Å². The molecule has 0 saturated carbocycles. The van der Waals surface area contributed by atoms with E-state index < -0.39 is 31.0 Å². The molecule has 0 spiro atoms. The molecule has 0 unspecified atom stereocenters. The van der Waals surface area contributed by atoms with Crippen LogP contribution in [0, 0.1) is 13.8 Å². The van der Waals surface area contributed by atoms with Crippen LogP contribution >= 0.6 is 0 Å². The molecule has 2 aromatic heterocycles. The molecule has 28 heavy (non-hydrogen) atoms. The standard InChI is InChI=1S/C17H25F3N4O2SSi/c1-11-12(2)24(10-26-7-8-28(4,5)6)23-14(11)15-13(17(18,19)20)9-21-16(22-15)27(3)25/h9H,7-8,10H2,1-6H3/t27-/m0/s1. The molecule has 0 bridgehead atoms. The van der Waals surface area contributed by atoms with E-state index in [1.807, 2.05) is 0 Å². The summed E-state index contributed by atoms with van der Waals surface area (Å²) in [6, 6.07) is 0.981. The molecule has 0 aliphatic rings. The first-order chi connectivity index (χ1) is 12.8. The minimum Gasteiger partial charge on any atom is -0.609 e. The van der Waals surface area contributed by atoms with Gasteiger partial charge in [0.15, 0.2) is 0 Å². The van der Waals surface area contributed by atoms with Crippen LogP contribution in [-0.4, -0.2) is 45.2 Å². The Kier molecular flexibility index (Phi) is 6.95. The van der Waals surface area contributed by atoms with Crippen LogP contribution in [0.25, 0.3) is 11.4 Å². The Morgan fingerprint density at radius 3 is 2.39 bits per heavy atom. The fourth-order valence-electron chi connectivity index (χ4n) is 2.41. The fourth-order valence-corrected chi connectivity index (χ4v) is 3.59. The van der Waals surface area contributed by atoms with Crippen LogP contribution in [0.4, 0.5) is 13.2 Å². The maximum absolute atomic E-state index is 13.5. The Labute approximate surface area is 166 Å². The van der Waals surface area contributed by atoms with Crippen molar-refractivity contribution in [3.8, 4) is 11.4 Å². The van der Waals surface area contributed by atoms with Crippen LogP contribution in [0.15, 0.2) is 11.4 Å². The Bertz CT molecular complexity index is 835. The van der Waals surface area contributed by atoms with Gasteiger partial charge in [0.2, 0.25) is 0 Å². The molecule has 2 aromatic rings. The van der Waals surface area contributed by atoms with Gasteiger partial charge in [0.1, 0.15) is 29.9 Å². The molecular formula is C17H25F3N4O2SSi. The van der Waals surface area contributed by atoms with Gasteiger partial charge in [-0.2, -0.15) is 28.2 Å². The second-order valence-electron chi connectivity index (χ2n) is 7.77. The Balaban J connectivity index is 2.39. The molecule has 0 amide bonds. The zero-order valence-electron chi connectivity index (χ0n) is 16.8. The van der Waals surface area contributed by atoms with Gasteiger partial charge in [0.25, 0.3) is 0 Å². The van der Waals surface area contributed by atoms with Crippen LogP contribution in [0.2, 0.25) is 25.7 Å². The van der Waals surface area contributed by atoms with E-state index in [0.717, 1.165) is 6.04 Å². The lowest BCUT2D eigenvalue weighted by molar-refractivity contribution is -0.137. The summed E-state index contributed by atoms with van der Waals surface area (Å²) in [6.07, 6.45) is -2.67. The Morgan fingerprint density at radius 1 is 1.21 bits per heavy atom. The summed E-state index contributed by atoms with van der Waals surface area (Å²) in [5.74, 6) is 0. The van der Waals surface area contributed by atoms with Crippen molar-refractivity contribution >= 4 is 19.2 Å². The van der Waals surface area contributed by atoms with E-state index in [2.05, 4.69) is 34.7 Å². The lowest BCUT2D eigenvalue weighted by Crippen LogP contribution is -2.22. The molecule has 0 aliphatic heterocycles. The molecule has 0 radical (unpaired) electrons. The molecule has 0 aromatic carbocycles. The van der Waals surface area contributed by atoms with E-state index >= 15 is 0 Å². The molecule has 1 atom stereocenters. The number of nitrogens with zero attached hydrogens (tertiary/aromatic N) is 4. The number of rotatable bonds is 7. The van der Waals surface area contributed by atoms with Crippen molar-refractivity contribution in [2.24, 2.45) is 0 Å². The second kappa shape index (κ2) is 8.52. The third-order valence-corrected chi connectivity index (χ3v) is 6.68. The first-order valence-electron chi connectivity index (χ1n) is 8.71. The zero-order chi connectivity index (χ0) is 21.3. The summed E-state index contributed by atoms with van der Waals surface area (Å²) in [5.41, 5.74) is -0.0317. The second-order valence-corrected chi connectivity index (χ2v) is 14.7. The Morgan fingerprint density at radius 2 is 1.86 bits per heavy atom. The number of ether oxygens (including phenoxy) is 1. The van der Waals surface area contributed by atoms with Gasteiger partial charge in [-0.3, -0.25) is 0 Å². The van der Waals surface area contributed by atoms with Crippen molar-refractivity contribution in [1.29, 1.82) is 0 Å². The van der Waals surface area contributed by atoms with Crippen molar-refractivity contribution in [1.82, 2.24) is 19.7 Å². The first-order valence-corrected chi connectivity index (χ1v) is 14.0. The van der Waals surface area contributed by atoms with Crippen LogP contribution in [-0.2, 0) is 28.8 Å². The summed E-state index contributed by atoms with van der Waals surface area (Å²) < 4.78 is 59.2. The highest BCUT2D eigenvalue weighted by atomic mass is 32.2. The maximum atomic E-state index is 13.5. The lowest BCUT2D eigenvalue weighted by Gasteiger charge is -2.15. The highest BCUT2D eigenvalue weighted by Crippen LogP contribution is 2.37. The SMILES string of the molecule is Cc1c(-c2nc([S@+](C)[O-])ncc2C(F)(F)F)nn(COCC[Si](C)(C)C)c1C. The minimum atomic E-state index is -4.65. The third kappa shape index (κ3) is 5.55. The predicted molar refractivity (Wildman–Crippen MR) is 104 cm³/mol. The molecule has 0 saturated heterocycles. The van der Waals surface area contributed by atoms with Gasteiger partial charge in [-0.1, -0.05) is 19.6 Å². The largest absolute Gasteiger partial charge is 0.609 e. The Hall–Kier alpha value is -1.43. The van der Waals surface area contributed by atoms with Crippen LogP contribution in [0.5, 0.6) is 0 Å². The average Bonchev–Trinajstić information content (AvgIpc) is 2.84. The molecule has 0 N–H and O–H groups in total. The lowest BCUT2D eigenvalue weighted by atomic mass is 10.1. The highest BCUT2D eigenvalue weighted by Gasteiger charge is 2.37. The van der Waals surface area contributed by atoms with E-state index in [9.17, 15) is 17.7 Å². The van der Waals surface area contributed by atoms with Crippen molar-refractivity contribution in [3.63, 3.8) is 0 Å². The summed E-state index contributed by atoms with van der Waals surface area (Å²) in [7, 11) is -1.24. The van der Waals surface area contributed by atoms with Gasteiger partial charge in [0, 0.05) is 37.7 Å². The van der Waals surface area contributed by atoms with Crippen molar-refractivity contribution in [2.75, 3.05) is 12.9 Å². The van der Waals surface area contributed by atoms with Crippen molar-refractivity contribution < 1.29 is 22.5 Å². The smallest absolute Gasteiger partial charge is 0.420 e. The van der Waals surface area contributed by atoms with Crippen LogP contribution in [0.3, 0.4) is 0 Å². The van der Waals surface area contributed by atoms with Gasteiger partial charge in [-0.15, -0.1) is 0 Å². The molecule has 0 aliphatic carbocycles. The number of alkyl halides is 3. The summed E-state index contributed by atoms with van der Waals surface area (Å²) in [5, 5.41) is 4.14. The van der Waals surface area contributed by atoms with E-state index in [1.165, 1.54) is 10.9 Å². The van der Waals surface area contributed by atoms with Gasteiger partial charge in [-0.05, 0) is 25.5 Å². The zero-order valence-corrected chi connectivity index (χ0v) is 18.7. The summed E-state index contributed by atoms with van der Waals surface area (Å²) in [6.45, 7) is 10.9. The van der Waals surface area contributed by atoms with Crippen LogP contribution in [0.1, 0.15) is 16.8 Å². The molecule has 156 valence electrons. The average molecular weight is 435 g/mol. The number of halogens is 3. The maximum Gasteiger partial charge on any atom is 0.420 e. The van der Waals surface area contributed by atoms with Crippen molar-refractivity contribution in [3.05, 3.63) is 23.0 Å². The molecular weight excluding hydrogens is 409 g/mol. The van der Waals surface area contributed by atoms with E-state index in [0.29, 0.717) is 24.1 Å². The molecule has 11 heteroatoms. The molecule has 6 nitrogen and oxygen atoms in total. The topological polar surface area (TPSA) is 75.9 Å². The summed E-state index contributed by atoms with van der Waals surface area (Å²) in [4.78, 5) is 7.50. The first kappa shape index (κ1) is 22.9. The monoisotopic (exact) mass is 434 g/mol. The summed E-state index contributed by atoms with van der Waals surface area (Å²) >= 11 is -1.61. The van der Waals surface area contributed by atoms with Gasteiger partial charge in [-0.25, -0.2) is 4.68 Å². The molecule has 2 heterocycles. The number of aromatic nitrogens is 4. The van der Waals surface area contributed by atoms with Gasteiger partial charge >= 0.3 is 11.3 Å². The van der Waals surface area contributed by atoms with Gasteiger partial charge < -0.3 is 9.29 Å². The molecule has 0 fully saturated rings. The quantitative estimate of drug-likeness (QED) is 0.285. The normalized spacial score (nSPS) is 13.8. The number of hydrogen-bond donors (Lipinski definition) is 0. The predicted octanol–water partition coefficient (Wildman–Crippen LogP) is 4.03. The van der Waals surface area contributed by atoms with E-state index in [4.69, 9.17) is 4.74 Å². The third-order valence-electron chi connectivity index (χ3n) is 4.27.